The third-order valence-electron chi connectivity index (χ3n) is 1.98. The lowest BCUT2D eigenvalue weighted by atomic mass is 10.1. The van der Waals surface area contributed by atoms with Crippen molar-refractivity contribution >= 4 is 17.2 Å². The average molecular weight is 229 g/mol. The summed E-state index contributed by atoms with van der Waals surface area (Å²) in [4.78, 5) is 24.6. The second-order valence-corrected chi connectivity index (χ2v) is 4.34. The molecular weight excluding hydrogens is 214 g/mol. The number of aromatic nitrogens is 1. The highest BCUT2D eigenvalue weighted by atomic mass is 32.1. The molecule has 0 spiro atoms. The molecule has 1 aromatic rings. The van der Waals surface area contributed by atoms with Gasteiger partial charge >= 0.3 is 4.87 Å². The summed E-state index contributed by atoms with van der Waals surface area (Å²) < 4.78 is 0. The van der Waals surface area contributed by atoms with Crippen LogP contribution in [-0.4, -0.2) is 17.4 Å². The minimum atomic E-state index is -0.102. The van der Waals surface area contributed by atoms with Gasteiger partial charge in [-0.25, -0.2) is 0 Å². The van der Waals surface area contributed by atoms with E-state index in [0.717, 1.165) is 17.0 Å². The smallest absolute Gasteiger partial charge is 0.304 e. The van der Waals surface area contributed by atoms with Gasteiger partial charge in [0.05, 0.1) is 6.54 Å². The van der Waals surface area contributed by atoms with Gasteiger partial charge in [0.25, 0.3) is 0 Å². The van der Waals surface area contributed by atoms with Crippen molar-refractivity contribution in [3.05, 3.63) is 20.7 Å². The molecular formula is C9H15N3O2S. The Morgan fingerprint density at radius 2 is 2.47 bits per heavy atom. The van der Waals surface area contributed by atoms with Gasteiger partial charge in [0, 0.05) is 17.5 Å². The highest BCUT2D eigenvalue weighted by molar-refractivity contribution is 7.07. The molecule has 0 aliphatic heterocycles. The van der Waals surface area contributed by atoms with E-state index in [1.54, 1.807) is 5.38 Å². The summed E-state index contributed by atoms with van der Waals surface area (Å²) in [6.45, 7) is 2.80. The molecule has 0 saturated heterocycles. The van der Waals surface area contributed by atoms with E-state index in [2.05, 4.69) is 10.3 Å². The largest absolute Gasteiger partial charge is 0.350 e. The zero-order valence-electron chi connectivity index (χ0n) is 8.58. The topological polar surface area (TPSA) is 88.0 Å². The van der Waals surface area contributed by atoms with Crippen LogP contribution in [0.4, 0.5) is 0 Å². The normalized spacial score (nSPS) is 12.4. The molecule has 0 saturated carbocycles. The molecule has 0 aliphatic rings. The van der Waals surface area contributed by atoms with Crippen LogP contribution in [0.2, 0.25) is 0 Å². The van der Waals surface area contributed by atoms with Gasteiger partial charge < -0.3 is 16.0 Å². The lowest BCUT2D eigenvalue weighted by Gasteiger charge is -2.07. The first-order chi connectivity index (χ1) is 7.11. The van der Waals surface area contributed by atoms with E-state index in [1.165, 1.54) is 0 Å². The number of aromatic amines is 1. The minimum Gasteiger partial charge on any atom is -0.350 e. The first-order valence-corrected chi connectivity index (χ1v) is 5.63. The van der Waals surface area contributed by atoms with Crippen LogP contribution in [0, 0.1) is 5.92 Å². The highest BCUT2D eigenvalue weighted by Gasteiger charge is 2.07. The Morgan fingerprint density at radius 1 is 1.73 bits per heavy atom. The molecule has 0 fully saturated rings. The summed E-state index contributed by atoms with van der Waals surface area (Å²) >= 11 is 1.09. The van der Waals surface area contributed by atoms with E-state index in [9.17, 15) is 9.59 Å². The van der Waals surface area contributed by atoms with Crippen LogP contribution in [0.3, 0.4) is 0 Å². The van der Waals surface area contributed by atoms with Crippen molar-refractivity contribution in [2.45, 2.75) is 19.9 Å². The number of amides is 1. The van der Waals surface area contributed by atoms with Gasteiger partial charge in [-0.05, 0) is 12.5 Å². The van der Waals surface area contributed by atoms with E-state index in [1.807, 2.05) is 6.92 Å². The summed E-state index contributed by atoms with van der Waals surface area (Å²) in [5.74, 6) is 0.145. The van der Waals surface area contributed by atoms with E-state index in [0.29, 0.717) is 19.5 Å². The Kier molecular flexibility index (Phi) is 4.51. The lowest BCUT2D eigenvalue weighted by molar-refractivity contribution is -0.122. The number of nitrogens with two attached hydrogens (primary N) is 1. The van der Waals surface area contributed by atoms with Gasteiger partial charge in [0.2, 0.25) is 5.91 Å². The molecule has 6 heteroatoms. The van der Waals surface area contributed by atoms with Crippen molar-refractivity contribution in [3.63, 3.8) is 0 Å². The molecule has 1 atom stereocenters. The first-order valence-electron chi connectivity index (χ1n) is 4.75. The fourth-order valence-corrected chi connectivity index (χ4v) is 1.65. The monoisotopic (exact) mass is 229 g/mol. The summed E-state index contributed by atoms with van der Waals surface area (Å²) in [7, 11) is 0. The van der Waals surface area contributed by atoms with Crippen molar-refractivity contribution in [2.75, 3.05) is 6.54 Å². The van der Waals surface area contributed by atoms with E-state index in [-0.39, 0.29) is 16.7 Å². The summed E-state index contributed by atoms with van der Waals surface area (Å²) in [5.41, 5.74) is 6.14. The zero-order valence-corrected chi connectivity index (χ0v) is 9.39. The number of nitrogens with one attached hydrogen (secondary N) is 2. The maximum absolute atomic E-state index is 11.3. The number of hydrogen-bond acceptors (Lipinski definition) is 4. The van der Waals surface area contributed by atoms with Crippen LogP contribution >= 0.6 is 11.3 Å². The van der Waals surface area contributed by atoms with Crippen LogP contribution in [0.1, 0.15) is 19.0 Å². The second-order valence-electron chi connectivity index (χ2n) is 3.50. The maximum Gasteiger partial charge on any atom is 0.304 e. The number of hydrogen-bond donors (Lipinski definition) is 3. The fraction of sp³-hybridized carbons (Fsp3) is 0.556. The molecule has 0 radical (unpaired) electrons. The molecule has 1 unspecified atom stereocenters. The lowest BCUT2D eigenvalue weighted by Crippen LogP contribution is -2.27. The third-order valence-corrected chi connectivity index (χ3v) is 2.70. The molecule has 1 amide bonds. The van der Waals surface area contributed by atoms with Gasteiger partial charge in [0.15, 0.2) is 0 Å². The van der Waals surface area contributed by atoms with E-state index >= 15 is 0 Å². The molecule has 1 aromatic heterocycles. The molecule has 5 nitrogen and oxygen atoms in total. The van der Waals surface area contributed by atoms with Crippen LogP contribution in [-0.2, 0) is 11.3 Å². The van der Waals surface area contributed by atoms with Gasteiger partial charge in [-0.15, -0.1) is 0 Å². The summed E-state index contributed by atoms with van der Waals surface area (Å²) in [5, 5.41) is 4.42. The standard InChI is InChI=1S/C9H15N3O2S/c1-6(3-10)2-8(13)11-4-7-5-15-9(14)12-7/h5-6H,2-4,10H2,1H3,(H,11,13)(H,12,14). The number of carbonyl (C=O) groups excluding carboxylic acids is 1. The SMILES string of the molecule is CC(CN)CC(=O)NCc1csc(=O)[nH]1. The van der Waals surface area contributed by atoms with Gasteiger partial charge in [0.1, 0.15) is 0 Å². The Labute approximate surface area is 91.7 Å². The molecule has 1 heterocycles. The van der Waals surface area contributed by atoms with Crippen LogP contribution < -0.4 is 15.9 Å². The molecule has 15 heavy (non-hydrogen) atoms. The molecule has 84 valence electrons. The predicted octanol–water partition coefficient (Wildman–Crippen LogP) is 0.0375. The third kappa shape index (κ3) is 4.26. The molecule has 0 aliphatic carbocycles. The Balaban J connectivity index is 2.31. The predicted molar refractivity (Wildman–Crippen MR) is 59.6 cm³/mol. The van der Waals surface area contributed by atoms with Gasteiger partial charge in [-0.2, -0.15) is 0 Å². The number of rotatable bonds is 5. The van der Waals surface area contributed by atoms with E-state index in [4.69, 9.17) is 5.73 Å². The maximum atomic E-state index is 11.3. The quantitative estimate of drug-likeness (QED) is 0.666. The van der Waals surface area contributed by atoms with Crippen LogP contribution in [0.25, 0.3) is 0 Å². The average Bonchev–Trinajstić information content (AvgIpc) is 2.61. The number of thiazole rings is 1. The zero-order chi connectivity index (χ0) is 11.3. The van der Waals surface area contributed by atoms with Crippen molar-refractivity contribution in [2.24, 2.45) is 11.7 Å². The van der Waals surface area contributed by atoms with Crippen molar-refractivity contribution in [3.8, 4) is 0 Å². The fourth-order valence-electron chi connectivity index (χ4n) is 1.07. The van der Waals surface area contributed by atoms with Gasteiger partial charge in [-0.1, -0.05) is 18.3 Å². The molecule has 0 aromatic carbocycles. The number of carbonyl (C=O) groups is 1. The van der Waals surface area contributed by atoms with Gasteiger partial charge in [-0.3, -0.25) is 9.59 Å². The first kappa shape index (κ1) is 11.9. The Morgan fingerprint density at radius 3 is 3.00 bits per heavy atom. The molecule has 0 bridgehead atoms. The summed E-state index contributed by atoms with van der Waals surface area (Å²) in [6.07, 6.45) is 0.421. The Bertz CT molecular complexity index is 371. The summed E-state index contributed by atoms with van der Waals surface area (Å²) in [6, 6.07) is 0. The van der Waals surface area contributed by atoms with E-state index < -0.39 is 0 Å². The van der Waals surface area contributed by atoms with Crippen LogP contribution in [0.5, 0.6) is 0 Å². The van der Waals surface area contributed by atoms with Crippen molar-refractivity contribution in [1.82, 2.24) is 10.3 Å². The number of H-pyrrole nitrogens is 1. The van der Waals surface area contributed by atoms with Crippen molar-refractivity contribution < 1.29 is 4.79 Å². The second kappa shape index (κ2) is 5.67. The van der Waals surface area contributed by atoms with Crippen LogP contribution in [0.15, 0.2) is 10.2 Å². The molecule has 1 rings (SSSR count). The Hall–Kier alpha value is -1.14. The highest BCUT2D eigenvalue weighted by Crippen LogP contribution is 1.99. The van der Waals surface area contributed by atoms with Crippen molar-refractivity contribution in [1.29, 1.82) is 0 Å². The minimum absolute atomic E-state index is 0.0417. The molecule has 4 N–H and O–H groups in total.